The highest BCUT2D eigenvalue weighted by atomic mass is 19.1. The van der Waals surface area contributed by atoms with Gasteiger partial charge >= 0.3 is 6.01 Å². The first-order valence-electron chi connectivity index (χ1n) is 9.40. The predicted octanol–water partition coefficient (Wildman–Crippen LogP) is 3.34. The highest BCUT2D eigenvalue weighted by Crippen LogP contribution is 2.26. The van der Waals surface area contributed by atoms with Crippen molar-refractivity contribution >= 4 is 17.0 Å². The minimum absolute atomic E-state index is 0.173. The van der Waals surface area contributed by atoms with Gasteiger partial charge in [-0.05, 0) is 42.5 Å². The lowest BCUT2D eigenvalue weighted by atomic mass is 10.1. The van der Waals surface area contributed by atoms with Crippen LogP contribution in [0, 0.1) is 5.82 Å². The molecule has 2 N–H and O–H groups in total. The van der Waals surface area contributed by atoms with Crippen LogP contribution in [0.4, 0.5) is 10.2 Å². The number of hydrogen-bond donors (Lipinski definition) is 1. The highest BCUT2D eigenvalue weighted by molar-refractivity contribution is 5.81. The summed E-state index contributed by atoms with van der Waals surface area (Å²) in [5.41, 5.74) is 8.86. The molecule has 0 amide bonds. The van der Waals surface area contributed by atoms with E-state index in [4.69, 9.17) is 14.9 Å². The van der Waals surface area contributed by atoms with Gasteiger partial charge in [-0.1, -0.05) is 0 Å². The first-order valence-corrected chi connectivity index (χ1v) is 9.40. The van der Waals surface area contributed by atoms with E-state index in [2.05, 4.69) is 24.9 Å². The van der Waals surface area contributed by atoms with Crippen LogP contribution in [0.15, 0.2) is 65.8 Å². The fourth-order valence-corrected chi connectivity index (χ4v) is 3.11. The number of benzene rings is 1. The Kier molecular flexibility index (Phi) is 4.71. The Morgan fingerprint density at radius 1 is 1.03 bits per heavy atom. The molecule has 4 aromatic heterocycles. The lowest BCUT2D eigenvalue weighted by Crippen LogP contribution is -2.10. The van der Waals surface area contributed by atoms with Crippen molar-refractivity contribution in [2.75, 3.05) is 12.3 Å². The number of furan rings is 1. The summed E-state index contributed by atoms with van der Waals surface area (Å²) >= 11 is 0. The van der Waals surface area contributed by atoms with Crippen LogP contribution in [0.3, 0.4) is 0 Å². The Bertz CT molecular complexity index is 1330. The van der Waals surface area contributed by atoms with E-state index in [1.807, 2.05) is 4.57 Å². The normalized spacial score (nSPS) is 11.1. The Hall–Kier alpha value is -4.34. The van der Waals surface area contributed by atoms with Gasteiger partial charge in [-0.15, -0.1) is 0 Å². The summed E-state index contributed by atoms with van der Waals surface area (Å²) in [5, 5.41) is 0. The zero-order valence-electron chi connectivity index (χ0n) is 16.1. The standard InChI is InChI=1S/C21H16FN7O2/c22-14-5-3-13(4-6-14)15-10-16(17-2-1-8-30-17)28-21(27-15)31-9-7-29-12-26-18-19(23)24-11-25-20(18)29/h1-6,8,10-12H,7,9H2,(H2,23,24,25). The fraction of sp³-hybridized carbons (Fsp3) is 0.0952. The monoisotopic (exact) mass is 417 g/mol. The molecule has 0 saturated carbocycles. The average Bonchev–Trinajstić information content (AvgIpc) is 3.45. The Balaban J connectivity index is 1.41. The van der Waals surface area contributed by atoms with E-state index in [1.54, 1.807) is 42.9 Å². The Labute approximate surface area is 175 Å². The molecule has 10 heteroatoms. The lowest BCUT2D eigenvalue weighted by molar-refractivity contribution is 0.277. The maximum absolute atomic E-state index is 13.3. The summed E-state index contributed by atoms with van der Waals surface area (Å²) in [6.45, 7) is 0.715. The molecule has 0 radical (unpaired) electrons. The molecule has 9 nitrogen and oxygen atoms in total. The molecule has 1 aromatic carbocycles. The van der Waals surface area contributed by atoms with Gasteiger partial charge in [0.2, 0.25) is 0 Å². The largest absolute Gasteiger partial charge is 0.463 e. The second-order valence-electron chi connectivity index (χ2n) is 6.62. The van der Waals surface area contributed by atoms with E-state index >= 15 is 0 Å². The third-order valence-corrected chi connectivity index (χ3v) is 4.61. The zero-order chi connectivity index (χ0) is 21.2. The van der Waals surface area contributed by atoms with Crippen molar-refractivity contribution in [3.63, 3.8) is 0 Å². The maximum atomic E-state index is 13.3. The molecule has 4 heterocycles. The molecule has 31 heavy (non-hydrogen) atoms. The number of nitrogens with zero attached hydrogens (tertiary/aromatic N) is 6. The number of imidazole rings is 1. The summed E-state index contributed by atoms with van der Waals surface area (Å²) in [6, 6.07) is 11.6. The smallest absolute Gasteiger partial charge is 0.317 e. The first-order chi connectivity index (χ1) is 15.2. The molecule has 0 aliphatic heterocycles. The zero-order valence-corrected chi connectivity index (χ0v) is 16.1. The SMILES string of the molecule is Nc1ncnc2c1ncn2CCOc1nc(-c2ccc(F)cc2)cc(-c2ccco2)n1. The topological polar surface area (TPSA) is 118 Å². The van der Waals surface area contributed by atoms with E-state index < -0.39 is 0 Å². The Morgan fingerprint density at radius 2 is 1.87 bits per heavy atom. The van der Waals surface area contributed by atoms with Gasteiger partial charge in [0.1, 0.15) is 30.0 Å². The van der Waals surface area contributed by atoms with Crippen molar-refractivity contribution in [2.45, 2.75) is 6.54 Å². The molecule has 0 bridgehead atoms. The number of halogens is 1. The molecule has 0 fully saturated rings. The summed E-state index contributed by atoms with van der Waals surface area (Å²) in [6.07, 6.45) is 4.58. The predicted molar refractivity (Wildman–Crippen MR) is 110 cm³/mol. The highest BCUT2D eigenvalue weighted by Gasteiger charge is 2.12. The van der Waals surface area contributed by atoms with Crippen LogP contribution >= 0.6 is 0 Å². The number of fused-ring (bicyclic) bond motifs is 1. The van der Waals surface area contributed by atoms with E-state index in [-0.39, 0.29) is 18.4 Å². The molecule has 0 aliphatic rings. The third kappa shape index (κ3) is 3.78. The van der Waals surface area contributed by atoms with Crippen molar-refractivity contribution in [3.8, 4) is 28.7 Å². The summed E-state index contributed by atoms with van der Waals surface area (Å²) in [4.78, 5) is 21.3. The number of hydrogen-bond acceptors (Lipinski definition) is 8. The summed E-state index contributed by atoms with van der Waals surface area (Å²) in [7, 11) is 0. The molecule has 0 unspecified atom stereocenters. The van der Waals surface area contributed by atoms with Crippen molar-refractivity contribution in [3.05, 3.63) is 67.2 Å². The Morgan fingerprint density at radius 3 is 2.68 bits per heavy atom. The number of nitrogen functional groups attached to an aromatic ring is 1. The van der Waals surface area contributed by atoms with Crippen LogP contribution < -0.4 is 10.5 Å². The van der Waals surface area contributed by atoms with Gasteiger partial charge in [0.05, 0.1) is 24.8 Å². The average molecular weight is 417 g/mol. The second-order valence-corrected chi connectivity index (χ2v) is 6.62. The van der Waals surface area contributed by atoms with Gasteiger partial charge in [0.15, 0.2) is 17.2 Å². The quantitative estimate of drug-likeness (QED) is 0.447. The van der Waals surface area contributed by atoms with Gasteiger partial charge < -0.3 is 19.5 Å². The van der Waals surface area contributed by atoms with E-state index in [0.29, 0.717) is 40.7 Å². The molecule has 5 aromatic rings. The molecule has 0 atom stereocenters. The molecule has 0 aliphatic carbocycles. The van der Waals surface area contributed by atoms with Crippen LogP contribution in [-0.4, -0.2) is 36.1 Å². The summed E-state index contributed by atoms with van der Waals surface area (Å²) < 4.78 is 26.4. The van der Waals surface area contributed by atoms with Gasteiger partial charge in [0.25, 0.3) is 0 Å². The van der Waals surface area contributed by atoms with Crippen LogP contribution in [0.25, 0.3) is 33.9 Å². The van der Waals surface area contributed by atoms with Crippen LogP contribution in [-0.2, 0) is 6.54 Å². The van der Waals surface area contributed by atoms with Crippen molar-refractivity contribution < 1.29 is 13.5 Å². The number of nitrogens with two attached hydrogens (primary N) is 1. The van der Waals surface area contributed by atoms with E-state index in [1.165, 1.54) is 18.5 Å². The van der Waals surface area contributed by atoms with Crippen LogP contribution in [0.1, 0.15) is 0 Å². The minimum atomic E-state index is -0.322. The van der Waals surface area contributed by atoms with Gasteiger partial charge in [-0.3, -0.25) is 0 Å². The molecule has 0 saturated heterocycles. The van der Waals surface area contributed by atoms with Gasteiger partial charge in [-0.25, -0.2) is 19.3 Å². The molecular weight excluding hydrogens is 401 g/mol. The summed E-state index contributed by atoms with van der Waals surface area (Å²) in [5.74, 6) is 0.573. The van der Waals surface area contributed by atoms with Gasteiger partial charge in [-0.2, -0.15) is 9.97 Å². The van der Waals surface area contributed by atoms with E-state index in [0.717, 1.165) is 5.56 Å². The first kappa shape index (κ1) is 18.7. The molecule has 0 spiro atoms. The maximum Gasteiger partial charge on any atom is 0.317 e. The number of anilines is 1. The van der Waals surface area contributed by atoms with E-state index in [9.17, 15) is 4.39 Å². The van der Waals surface area contributed by atoms with Crippen LogP contribution in [0.5, 0.6) is 6.01 Å². The van der Waals surface area contributed by atoms with Crippen molar-refractivity contribution in [2.24, 2.45) is 0 Å². The van der Waals surface area contributed by atoms with Crippen molar-refractivity contribution in [1.82, 2.24) is 29.5 Å². The minimum Gasteiger partial charge on any atom is -0.463 e. The van der Waals surface area contributed by atoms with Gasteiger partial charge in [0, 0.05) is 5.56 Å². The molecular formula is C21H16FN7O2. The lowest BCUT2D eigenvalue weighted by Gasteiger charge is -2.09. The molecule has 5 rings (SSSR count). The number of aromatic nitrogens is 6. The molecule has 154 valence electrons. The number of ether oxygens (including phenoxy) is 1. The third-order valence-electron chi connectivity index (χ3n) is 4.61. The second kappa shape index (κ2) is 7.82. The fourth-order valence-electron chi connectivity index (χ4n) is 3.11. The number of rotatable bonds is 6. The van der Waals surface area contributed by atoms with Crippen molar-refractivity contribution in [1.29, 1.82) is 0 Å². The van der Waals surface area contributed by atoms with Crippen LogP contribution in [0.2, 0.25) is 0 Å².